The van der Waals surface area contributed by atoms with Crippen LogP contribution in [0.2, 0.25) is 0 Å². The fraction of sp³-hybridized carbons (Fsp3) is 0.217. The highest BCUT2D eigenvalue weighted by Crippen LogP contribution is 2.43. The molecule has 0 spiro atoms. The van der Waals surface area contributed by atoms with Crippen LogP contribution in [0.25, 0.3) is 11.3 Å². The minimum Gasteiger partial charge on any atom is -0.495 e. The molecule has 0 atom stereocenters. The molecule has 6 nitrogen and oxygen atoms in total. The highest BCUT2D eigenvalue weighted by Gasteiger charge is 2.32. The molecule has 0 saturated carbocycles. The first-order chi connectivity index (χ1) is 14.7. The first-order valence-electron chi connectivity index (χ1n) is 9.68. The maximum Gasteiger partial charge on any atom is 0.266 e. The molecule has 5 rings (SSSR count). The first kappa shape index (κ1) is 18.7. The van der Waals surface area contributed by atoms with Crippen molar-refractivity contribution < 1.29 is 19.0 Å². The Morgan fingerprint density at radius 2 is 2.03 bits per heavy atom. The molecule has 3 aromatic rings. The standard InChI is InChI=1S/C23H20N2O4S/c1-27-20-6-3-18(23-28-9-10-29-23)17-4-7-21(26)25(22(17)20)13-15-2-5-19(24-12-15)16-8-11-30-14-16/h2-3,5-6,8-12,14,23H,4,7,13H2,1H3. The van der Waals surface area contributed by atoms with Crippen LogP contribution in [-0.4, -0.2) is 18.0 Å². The van der Waals surface area contributed by atoms with Crippen LogP contribution in [0.3, 0.4) is 0 Å². The topological polar surface area (TPSA) is 60.9 Å². The van der Waals surface area contributed by atoms with Crippen LogP contribution >= 0.6 is 11.3 Å². The molecule has 30 heavy (non-hydrogen) atoms. The number of pyridine rings is 1. The van der Waals surface area contributed by atoms with Gasteiger partial charge in [-0.2, -0.15) is 11.3 Å². The fourth-order valence-corrected chi connectivity index (χ4v) is 4.55. The summed E-state index contributed by atoms with van der Waals surface area (Å²) in [6.45, 7) is 0.424. The Kier molecular flexibility index (Phi) is 4.88. The third kappa shape index (κ3) is 3.31. The molecule has 1 amide bonds. The summed E-state index contributed by atoms with van der Waals surface area (Å²) in [4.78, 5) is 19.3. The number of amides is 1. The van der Waals surface area contributed by atoms with E-state index in [2.05, 4.69) is 10.4 Å². The van der Waals surface area contributed by atoms with E-state index >= 15 is 0 Å². The van der Waals surface area contributed by atoms with Crippen molar-refractivity contribution in [2.75, 3.05) is 12.0 Å². The summed E-state index contributed by atoms with van der Waals surface area (Å²) in [6.07, 6.45) is 5.45. The number of nitrogens with zero attached hydrogens (tertiary/aromatic N) is 2. The molecule has 7 heteroatoms. The smallest absolute Gasteiger partial charge is 0.266 e. The van der Waals surface area contributed by atoms with E-state index in [1.165, 1.54) is 12.5 Å². The predicted octanol–water partition coefficient (Wildman–Crippen LogP) is 4.81. The van der Waals surface area contributed by atoms with E-state index < -0.39 is 6.29 Å². The lowest BCUT2D eigenvalue weighted by molar-refractivity contribution is -0.119. The monoisotopic (exact) mass is 420 g/mol. The second-order valence-corrected chi connectivity index (χ2v) is 7.88. The molecule has 1 aromatic carbocycles. The summed E-state index contributed by atoms with van der Waals surface area (Å²) in [7, 11) is 1.62. The quantitative estimate of drug-likeness (QED) is 0.593. The van der Waals surface area contributed by atoms with E-state index in [-0.39, 0.29) is 5.91 Å². The van der Waals surface area contributed by atoms with Gasteiger partial charge in [0, 0.05) is 29.1 Å². The largest absolute Gasteiger partial charge is 0.495 e. The average Bonchev–Trinajstić information content (AvgIpc) is 3.50. The maximum absolute atomic E-state index is 12.9. The van der Waals surface area contributed by atoms with Crippen LogP contribution in [0.4, 0.5) is 5.69 Å². The van der Waals surface area contributed by atoms with Gasteiger partial charge in [-0.3, -0.25) is 9.78 Å². The van der Waals surface area contributed by atoms with Gasteiger partial charge in [-0.15, -0.1) is 0 Å². The van der Waals surface area contributed by atoms with Crippen LogP contribution in [0.5, 0.6) is 5.75 Å². The molecule has 2 aliphatic rings. The Morgan fingerprint density at radius 1 is 1.17 bits per heavy atom. The summed E-state index contributed by atoms with van der Waals surface area (Å²) in [5.74, 6) is 0.724. The first-order valence-corrected chi connectivity index (χ1v) is 10.6. The lowest BCUT2D eigenvalue weighted by Crippen LogP contribution is -2.35. The maximum atomic E-state index is 12.9. The van der Waals surface area contributed by atoms with Gasteiger partial charge in [0.05, 0.1) is 25.0 Å². The van der Waals surface area contributed by atoms with Crippen LogP contribution in [0, 0.1) is 0 Å². The fourth-order valence-electron chi connectivity index (χ4n) is 3.90. The summed E-state index contributed by atoms with van der Waals surface area (Å²) in [5, 5.41) is 4.10. The Bertz CT molecular complexity index is 1090. The van der Waals surface area contributed by atoms with Gasteiger partial charge in [0.1, 0.15) is 18.3 Å². The van der Waals surface area contributed by atoms with Crippen molar-refractivity contribution >= 4 is 22.9 Å². The Morgan fingerprint density at radius 3 is 2.73 bits per heavy atom. The zero-order valence-electron chi connectivity index (χ0n) is 16.4. The van der Waals surface area contributed by atoms with Crippen LogP contribution in [-0.2, 0) is 27.2 Å². The van der Waals surface area contributed by atoms with E-state index in [1.807, 2.05) is 41.9 Å². The number of hydrogen-bond acceptors (Lipinski definition) is 6. The number of fused-ring (bicyclic) bond motifs is 1. The number of methoxy groups -OCH3 is 1. The van der Waals surface area contributed by atoms with Gasteiger partial charge in [0.15, 0.2) is 0 Å². The summed E-state index contributed by atoms with van der Waals surface area (Å²) >= 11 is 1.64. The second-order valence-electron chi connectivity index (χ2n) is 7.10. The van der Waals surface area contributed by atoms with E-state index in [0.29, 0.717) is 25.1 Å². The van der Waals surface area contributed by atoms with E-state index in [9.17, 15) is 4.79 Å². The third-order valence-electron chi connectivity index (χ3n) is 5.36. The van der Waals surface area contributed by atoms with Gasteiger partial charge in [0.25, 0.3) is 6.29 Å². The van der Waals surface area contributed by atoms with Crippen molar-refractivity contribution in [2.45, 2.75) is 25.7 Å². The number of ether oxygens (including phenoxy) is 3. The second kappa shape index (κ2) is 7.84. The highest BCUT2D eigenvalue weighted by molar-refractivity contribution is 7.08. The Balaban J connectivity index is 1.49. The number of rotatable bonds is 5. The van der Waals surface area contributed by atoms with Crippen molar-refractivity contribution in [2.24, 2.45) is 0 Å². The van der Waals surface area contributed by atoms with Crippen molar-refractivity contribution in [3.05, 3.63) is 76.5 Å². The van der Waals surface area contributed by atoms with Crippen molar-refractivity contribution in [1.82, 2.24) is 4.98 Å². The Hall–Kier alpha value is -3.32. The molecule has 2 aliphatic heterocycles. The van der Waals surface area contributed by atoms with Gasteiger partial charge < -0.3 is 19.1 Å². The van der Waals surface area contributed by atoms with Crippen molar-refractivity contribution in [3.63, 3.8) is 0 Å². The number of benzene rings is 1. The van der Waals surface area contributed by atoms with E-state index in [1.54, 1.807) is 23.3 Å². The van der Waals surface area contributed by atoms with Gasteiger partial charge in [0.2, 0.25) is 5.91 Å². The van der Waals surface area contributed by atoms with Gasteiger partial charge >= 0.3 is 0 Å². The molecule has 152 valence electrons. The van der Waals surface area contributed by atoms with Gasteiger partial charge in [-0.05, 0) is 47.2 Å². The zero-order chi connectivity index (χ0) is 20.5. The molecule has 0 bridgehead atoms. The lowest BCUT2D eigenvalue weighted by Gasteiger charge is -2.33. The summed E-state index contributed by atoms with van der Waals surface area (Å²) < 4.78 is 16.7. The average molecular weight is 420 g/mol. The Labute approximate surface area is 178 Å². The van der Waals surface area contributed by atoms with Crippen LogP contribution in [0.1, 0.15) is 29.4 Å². The number of aromatic nitrogens is 1. The summed E-state index contributed by atoms with van der Waals surface area (Å²) in [5.41, 5.74) is 5.70. The number of thiophene rings is 1. The number of hydrogen-bond donors (Lipinski definition) is 0. The predicted molar refractivity (Wildman–Crippen MR) is 114 cm³/mol. The normalized spacial score (nSPS) is 15.6. The van der Waals surface area contributed by atoms with Crippen molar-refractivity contribution in [3.8, 4) is 17.0 Å². The van der Waals surface area contributed by atoms with Crippen molar-refractivity contribution in [1.29, 1.82) is 0 Å². The molecule has 0 N–H and O–H groups in total. The molecule has 0 aliphatic carbocycles. The van der Waals surface area contributed by atoms with Crippen LogP contribution < -0.4 is 9.64 Å². The minimum atomic E-state index is -0.494. The molecule has 0 saturated heterocycles. The molecular formula is C23H20N2O4S. The van der Waals surface area contributed by atoms with Crippen LogP contribution in [0.15, 0.2) is 59.8 Å². The third-order valence-corrected chi connectivity index (χ3v) is 6.04. The summed E-state index contributed by atoms with van der Waals surface area (Å²) in [6, 6.07) is 9.87. The lowest BCUT2D eigenvalue weighted by atomic mass is 9.94. The minimum absolute atomic E-state index is 0.0613. The van der Waals surface area contributed by atoms with E-state index in [0.717, 1.165) is 33.6 Å². The number of anilines is 1. The molecule has 4 heterocycles. The SMILES string of the molecule is COc1ccc(C2OC=CO2)c2c1N(Cc1ccc(-c3ccsc3)nc1)C(=O)CC2. The van der Waals surface area contributed by atoms with Gasteiger partial charge in [-0.25, -0.2) is 0 Å². The molecule has 0 radical (unpaired) electrons. The molecule has 2 aromatic heterocycles. The highest BCUT2D eigenvalue weighted by atomic mass is 32.1. The van der Waals surface area contributed by atoms with E-state index in [4.69, 9.17) is 14.2 Å². The molecule has 0 unspecified atom stereocenters. The van der Waals surface area contributed by atoms with Gasteiger partial charge in [-0.1, -0.05) is 6.07 Å². The molecule has 0 fully saturated rings. The number of carbonyl (C=O) groups excluding carboxylic acids is 1. The number of carbonyl (C=O) groups is 1. The zero-order valence-corrected chi connectivity index (χ0v) is 17.2. The molecular weight excluding hydrogens is 400 g/mol.